The van der Waals surface area contributed by atoms with Crippen LogP contribution in [0.25, 0.3) is 0 Å². The van der Waals surface area contributed by atoms with E-state index in [0.29, 0.717) is 18.9 Å². The van der Waals surface area contributed by atoms with Gasteiger partial charge >= 0.3 is 0 Å². The van der Waals surface area contributed by atoms with E-state index < -0.39 is 0 Å². The summed E-state index contributed by atoms with van der Waals surface area (Å²) in [5.41, 5.74) is 2.43. The highest BCUT2D eigenvalue weighted by Gasteiger charge is 2.27. The van der Waals surface area contributed by atoms with Crippen LogP contribution < -0.4 is 9.47 Å². The highest BCUT2D eigenvalue weighted by molar-refractivity contribution is 5.77. The molecule has 23 heavy (non-hydrogen) atoms. The molecule has 0 aromatic heterocycles. The summed E-state index contributed by atoms with van der Waals surface area (Å²) in [6.07, 6.45) is 2.69. The summed E-state index contributed by atoms with van der Waals surface area (Å²) in [4.78, 5) is 16.9. The Morgan fingerprint density at radius 2 is 1.87 bits per heavy atom. The van der Waals surface area contributed by atoms with E-state index in [-0.39, 0.29) is 5.91 Å². The number of benzene rings is 1. The van der Waals surface area contributed by atoms with Crippen molar-refractivity contribution in [3.05, 3.63) is 23.3 Å². The van der Waals surface area contributed by atoms with Crippen LogP contribution in [0.2, 0.25) is 0 Å². The zero-order valence-corrected chi connectivity index (χ0v) is 14.3. The molecule has 2 aliphatic rings. The van der Waals surface area contributed by atoms with Crippen molar-refractivity contribution < 1.29 is 14.3 Å². The lowest BCUT2D eigenvalue weighted by molar-refractivity contribution is -0.133. The van der Waals surface area contributed by atoms with E-state index in [0.717, 1.165) is 44.0 Å². The van der Waals surface area contributed by atoms with Crippen LogP contribution in [-0.2, 0) is 17.8 Å². The van der Waals surface area contributed by atoms with Gasteiger partial charge in [0.25, 0.3) is 0 Å². The van der Waals surface area contributed by atoms with Crippen LogP contribution in [-0.4, -0.2) is 56.6 Å². The molecule has 3 rings (SSSR count). The number of carbonyl (C=O) groups excluding carboxylic acids is 1. The number of amides is 1. The molecule has 0 N–H and O–H groups in total. The molecule has 1 atom stereocenters. The predicted octanol–water partition coefficient (Wildman–Crippen LogP) is 1.93. The number of rotatable bonds is 4. The molecule has 0 radical (unpaired) electrons. The van der Waals surface area contributed by atoms with Crippen molar-refractivity contribution in [1.29, 1.82) is 0 Å². The smallest absolute Gasteiger partial charge is 0.223 e. The van der Waals surface area contributed by atoms with Crippen LogP contribution in [0.5, 0.6) is 11.5 Å². The molecule has 2 heterocycles. The maximum absolute atomic E-state index is 12.6. The summed E-state index contributed by atoms with van der Waals surface area (Å²) in [6, 6.07) is 4.05. The van der Waals surface area contributed by atoms with Gasteiger partial charge in [-0.15, -0.1) is 0 Å². The van der Waals surface area contributed by atoms with E-state index in [2.05, 4.69) is 11.9 Å². The van der Waals surface area contributed by atoms with Crippen molar-refractivity contribution in [2.45, 2.75) is 25.8 Å². The summed E-state index contributed by atoms with van der Waals surface area (Å²) < 4.78 is 10.7. The third kappa shape index (κ3) is 3.44. The normalized spacial score (nSPS) is 21.2. The molecular formula is C18H26N2O3. The van der Waals surface area contributed by atoms with Gasteiger partial charge in [0.2, 0.25) is 5.91 Å². The Morgan fingerprint density at radius 1 is 1.17 bits per heavy atom. The van der Waals surface area contributed by atoms with Crippen LogP contribution in [0, 0.1) is 5.92 Å². The molecule has 0 bridgehead atoms. The van der Waals surface area contributed by atoms with Crippen LogP contribution in [0.4, 0.5) is 0 Å². The monoisotopic (exact) mass is 318 g/mol. The van der Waals surface area contributed by atoms with Crippen molar-refractivity contribution >= 4 is 5.91 Å². The molecule has 0 saturated carbocycles. The Hall–Kier alpha value is -1.75. The number of nitrogens with zero attached hydrogens (tertiary/aromatic N) is 2. The highest BCUT2D eigenvalue weighted by atomic mass is 16.5. The predicted molar refractivity (Wildman–Crippen MR) is 88.9 cm³/mol. The summed E-state index contributed by atoms with van der Waals surface area (Å²) >= 11 is 0. The molecule has 1 unspecified atom stereocenters. The molecule has 126 valence electrons. The molecule has 5 nitrogen and oxygen atoms in total. The van der Waals surface area contributed by atoms with Crippen molar-refractivity contribution in [2.24, 2.45) is 5.92 Å². The topological polar surface area (TPSA) is 42.0 Å². The third-order valence-electron chi connectivity index (χ3n) is 5.02. The van der Waals surface area contributed by atoms with Crippen molar-refractivity contribution in [3.63, 3.8) is 0 Å². The first kappa shape index (κ1) is 16.1. The Kier molecular flexibility index (Phi) is 4.76. The second kappa shape index (κ2) is 6.79. The molecule has 1 aromatic carbocycles. The first-order valence-corrected chi connectivity index (χ1v) is 8.30. The zero-order valence-electron chi connectivity index (χ0n) is 14.3. The van der Waals surface area contributed by atoms with Gasteiger partial charge in [-0.1, -0.05) is 0 Å². The Morgan fingerprint density at radius 3 is 2.48 bits per heavy atom. The number of likely N-dealkylation sites (tertiary alicyclic amines) is 1. The van der Waals surface area contributed by atoms with Crippen LogP contribution in [0.1, 0.15) is 24.0 Å². The lowest BCUT2D eigenvalue weighted by atomic mass is 9.97. The lowest BCUT2D eigenvalue weighted by Crippen LogP contribution is -2.37. The second-order valence-electron chi connectivity index (χ2n) is 6.66. The fraction of sp³-hybridized carbons (Fsp3) is 0.611. The minimum Gasteiger partial charge on any atom is -0.493 e. The number of methoxy groups -OCH3 is 2. The van der Waals surface area contributed by atoms with Gasteiger partial charge in [-0.2, -0.15) is 0 Å². The minimum absolute atomic E-state index is 0.283. The van der Waals surface area contributed by atoms with Crippen LogP contribution in [0.15, 0.2) is 12.1 Å². The maximum atomic E-state index is 12.6. The maximum Gasteiger partial charge on any atom is 0.223 e. The fourth-order valence-electron chi connectivity index (χ4n) is 3.67. The molecule has 1 aromatic rings. The molecule has 0 spiro atoms. The Labute approximate surface area is 138 Å². The number of ether oxygens (including phenoxy) is 2. The SMILES string of the molecule is COc1cc2c(cc1OC)CN(C(=O)CC1CCN(C)C1)CC2. The van der Waals surface area contributed by atoms with Crippen LogP contribution >= 0.6 is 0 Å². The lowest BCUT2D eigenvalue weighted by Gasteiger charge is -2.30. The molecular weight excluding hydrogens is 292 g/mol. The van der Waals surface area contributed by atoms with Gasteiger partial charge in [0, 0.05) is 26.1 Å². The van der Waals surface area contributed by atoms with Gasteiger partial charge in [0.05, 0.1) is 14.2 Å². The molecule has 1 amide bonds. The highest BCUT2D eigenvalue weighted by Crippen LogP contribution is 2.33. The summed E-state index contributed by atoms with van der Waals surface area (Å²) in [5, 5.41) is 0. The van der Waals surface area contributed by atoms with E-state index in [1.807, 2.05) is 17.0 Å². The Bertz CT molecular complexity index is 588. The summed E-state index contributed by atoms with van der Waals surface area (Å²) in [7, 11) is 5.43. The standard InChI is InChI=1S/C18H26N2O3/c1-19-6-4-13(11-19)8-18(21)20-7-5-14-9-16(22-2)17(23-3)10-15(14)12-20/h9-10,13H,4-8,11-12H2,1-3H3. The average molecular weight is 318 g/mol. The van der Waals surface area contributed by atoms with Crippen LogP contribution in [0.3, 0.4) is 0 Å². The molecule has 0 aliphatic carbocycles. The fourth-order valence-corrected chi connectivity index (χ4v) is 3.67. The number of fused-ring (bicyclic) bond motifs is 1. The average Bonchev–Trinajstić information content (AvgIpc) is 2.97. The summed E-state index contributed by atoms with van der Waals surface area (Å²) in [6.45, 7) is 3.62. The zero-order chi connectivity index (χ0) is 16.4. The summed E-state index contributed by atoms with van der Waals surface area (Å²) in [5.74, 6) is 2.29. The van der Waals surface area contributed by atoms with Crippen molar-refractivity contribution in [3.8, 4) is 11.5 Å². The first-order chi connectivity index (χ1) is 11.1. The number of carbonyl (C=O) groups is 1. The second-order valence-corrected chi connectivity index (χ2v) is 6.66. The van der Waals surface area contributed by atoms with Gasteiger partial charge in [-0.25, -0.2) is 0 Å². The number of hydrogen-bond donors (Lipinski definition) is 0. The Balaban J connectivity index is 1.68. The van der Waals surface area contributed by atoms with Gasteiger partial charge in [-0.3, -0.25) is 4.79 Å². The molecule has 5 heteroatoms. The van der Waals surface area contributed by atoms with E-state index >= 15 is 0 Å². The largest absolute Gasteiger partial charge is 0.493 e. The van der Waals surface area contributed by atoms with E-state index in [1.54, 1.807) is 14.2 Å². The van der Waals surface area contributed by atoms with Gasteiger partial charge in [-0.05, 0) is 55.6 Å². The molecule has 1 saturated heterocycles. The first-order valence-electron chi connectivity index (χ1n) is 8.30. The van der Waals surface area contributed by atoms with E-state index in [4.69, 9.17) is 9.47 Å². The van der Waals surface area contributed by atoms with Gasteiger partial charge < -0.3 is 19.3 Å². The third-order valence-corrected chi connectivity index (χ3v) is 5.02. The molecule has 2 aliphatic heterocycles. The van der Waals surface area contributed by atoms with Crippen molar-refractivity contribution in [2.75, 3.05) is 40.9 Å². The van der Waals surface area contributed by atoms with Crippen molar-refractivity contribution in [1.82, 2.24) is 9.80 Å². The van der Waals surface area contributed by atoms with E-state index in [1.165, 1.54) is 11.1 Å². The number of hydrogen-bond acceptors (Lipinski definition) is 4. The quantitative estimate of drug-likeness (QED) is 0.851. The van der Waals surface area contributed by atoms with Gasteiger partial charge in [0.15, 0.2) is 11.5 Å². The van der Waals surface area contributed by atoms with Gasteiger partial charge in [0.1, 0.15) is 0 Å². The minimum atomic E-state index is 0.283. The molecule has 1 fully saturated rings. The van der Waals surface area contributed by atoms with E-state index in [9.17, 15) is 4.79 Å².